The summed E-state index contributed by atoms with van der Waals surface area (Å²) in [5.41, 5.74) is 1.57. The van der Waals surface area contributed by atoms with Crippen LogP contribution >= 0.6 is 0 Å². The first-order chi connectivity index (χ1) is 10.3. The monoisotopic (exact) mass is 287 g/mol. The highest BCUT2D eigenvalue weighted by molar-refractivity contribution is 5.21. The fourth-order valence-corrected chi connectivity index (χ4v) is 3.76. The van der Waals surface area contributed by atoms with Crippen LogP contribution in [0.3, 0.4) is 0 Å². The van der Waals surface area contributed by atoms with Gasteiger partial charge in [0.15, 0.2) is 0 Å². The lowest BCUT2D eigenvalue weighted by molar-refractivity contribution is -0.0944. The molecular formula is C19H29NO. The molecule has 3 rings (SSSR count). The topological polar surface area (TPSA) is 21.3 Å². The van der Waals surface area contributed by atoms with Gasteiger partial charge in [-0.1, -0.05) is 44.2 Å². The van der Waals surface area contributed by atoms with Gasteiger partial charge in [0, 0.05) is 18.7 Å². The van der Waals surface area contributed by atoms with E-state index in [-0.39, 0.29) is 5.60 Å². The molecule has 2 unspecified atom stereocenters. The van der Waals surface area contributed by atoms with E-state index in [9.17, 15) is 0 Å². The smallest absolute Gasteiger partial charge is 0.0692 e. The number of benzene rings is 1. The molecule has 0 amide bonds. The van der Waals surface area contributed by atoms with Gasteiger partial charge in [-0.15, -0.1) is 0 Å². The van der Waals surface area contributed by atoms with E-state index in [4.69, 9.17) is 4.74 Å². The maximum absolute atomic E-state index is 6.12. The van der Waals surface area contributed by atoms with Gasteiger partial charge in [0.2, 0.25) is 0 Å². The molecule has 1 saturated carbocycles. The standard InChI is InChI=1S/C19H29NO/c1-3-19(4-2)14-17(12-13-21-19)20-18(16-10-11-16)15-8-6-5-7-9-15/h5-9,16-18,20H,3-4,10-14H2,1-2H3. The molecule has 2 nitrogen and oxygen atoms in total. The number of rotatable bonds is 6. The molecule has 1 heterocycles. The summed E-state index contributed by atoms with van der Waals surface area (Å²) in [7, 11) is 0. The van der Waals surface area contributed by atoms with Gasteiger partial charge in [-0.25, -0.2) is 0 Å². The maximum atomic E-state index is 6.12. The molecule has 2 fully saturated rings. The highest BCUT2D eigenvalue weighted by Gasteiger charge is 2.38. The summed E-state index contributed by atoms with van der Waals surface area (Å²) in [6.45, 7) is 5.44. The van der Waals surface area contributed by atoms with E-state index >= 15 is 0 Å². The number of hydrogen-bond acceptors (Lipinski definition) is 2. The van der Waals surface area contributed by atoms with E-state index in [0.29, 0.717) is 12.1 Å². The SMILES string of the molecule is CCC1(CC)CC(NC(c2ccccc2)C2CC2)CCO1. The van der Waals surface area contributed by atoms with Crippen molar-refractivity contribution in [1.29, 1.82) is 0 Å². The third-order valence-corrected chi connectivity index (χ3v) is 5.45. The van der Waals surface area contributed by atoms with Crippen molar-refractivity contribution < 1.29 is 4.74 Å². The van der Waals surface area contributed by atoms with Crippen molar-refractivity contribution in [3.05, 3.63) is 35.9 Å². The first-order valence-electron chi connectivity index (χ1n) is 8.71. The van der Waals surface area contributed by atoms with Crippen molar-refractivity contribution in [2.75, 3.05) is 6.61 Å². The van der Waals surface area contributed by atoms with Gasteiger partial charge < -0.3 is 10.1 Å². The van der Waals surface area contributed by atoms with Crippen LogP contribution in [0, 0.1) is 5.92 Å². The second kappa shape index (κ2) is 6.50. The summed E-state index contributed by atoms with van der Waals surface area (Å²) in [5, 5.41) is 3.98. The van der Waals surface area contributed by atoms with Gasteiger partial charge in [0.05, 0.1) is 5.60 Å². The first-order valence-corrected chi connectivity index (χ1v) is 8.71. The molecule has 0 bridgehead atoms. The number of hydrogen-bond donors (Lipinski definition) is 1. The third-order valence-electron chi connectivity index (χ3n) is 5.45. The summed E-state index contributed by atoms with van der Waals surface area (Å²) >= 11 is 0. The molecule has 1 N–H and O–H groups in total. The van der Waals surface area contributed by atoms with E-state index in [1.54, 1.807) is 0 Å². The Morgan fingerprint density at radius 3 is 2.48 bits per heavy atom. The van der Waals surface area contributed by atoms with E-state index in [2.05, 4.69) is 49.5 Å². The van der Waals surface area contributed by atoms with Crippen LogP contribution in [0.15, 0.2) is 30.3 Å². The van der Waals surface area contributed by atoms with Crippen LogP contribution in [0.25, 0.3) is 0 Å². The van der Waals surface area contributed by atoms with Gasteiger partial charge in [-0.2, -0.15) is 0 Å². The highest BCUT2D eigenvalue weighted by Crippen LogP contribution is 2.42. The van der Waals surface area contributed by atoms with Crippen molar-refractivity contribution in [3.63, 3.8) is 0 Å². The van der Waals surface area contributed by atoms with Crippen molar-refractivity contribution in [1.82, 2.24) is 5.32 Å². The van der Waals surface area contributed by atoms with Crippen LogP contribution in [-0.2, 0) is 4.74 Å². The van der Waals surface area contributed by atoms with Gasteiger partial charge >= 0.3 is 0 Å². The lowest BCUT2D eigenvalue weighted by Crippen LogP contribution is -2.47. The Balaban J connectivity index is 1.69. The minimum atomic E-state index is 0.112. The van der Waals surface area contributed by atoms with Crippen molar-refractivity contribution in [3.8, 4) is 0 Å². The molecule has 2 atom stereocenters. The van der Waals surface area contributed by atoms with Crippen LogP contribution in [0.5, 0.6) is 0 Å². The normalized spacial score (nSPS) is 26.5. The summed E-state index contributed by atoms with van der Waals surface area (Å²) in [4.78, 5) is 0. The molecule has 1 aromatic rings. The zero-order valence-corrected chi connectivity index (χ0v) is 13.5. The summed E-state index contributed by atoms with van der Waals surface area (Å²) in [6, 6.07) is 12.1. The Hall–Kier alpha value is -0.860. The molecule has 21 heavy (non-hydrogen) atoms. The van der Waals surface area contributed by atoms with Crippen LogP contribution in [0.2, 0.25) is 0 Å². The fourth-order valence-electron chi connectivity index (χ4n) is 3.76. The highest BCUT2D eigenvalue weighted by atomic mass is 16.5. The molecule has 1 aromatic carbocycles. The Bertz CT molecular complexity index is 436. The Morgan fingerprint density at radius 2 is 1.86 bits per heavy atom. The van der Waals surface area contributed by atoms with Crippen LogP contribution in [0.4, 0.5) is 0 Å². The minimum Gasteiger partial charge on any atom is -0.375 e. The lowest BCUT2D eigenvalue weighted by Gasteiger charge is -2.41. The second-order valence-electron chi connectivity index (χ2n) is 6.82. The Kier molecular flexibility index (Phi) is 4.66. The average Bonchev–Trinajstić information content (AvgIpc) is 3.38. The first kappa shape index (κ1) is 15.1. The minimum absolute atomic E-state index is 0.112. The van der Waals surface area contributed by atoms with Crippen LogP contribution in [-0.4, -0.2) is 18.2 Å². The summed E-state index contributed by atoms with van der Waals surface area (Å²) in [6.07, 6.45) is 7.32. The van der Waals surface area contributed by atoms with Crippen molar-refractivity contribution >= 4 is 0 Å². The summed E-state index contributed by atoms with van der Waals surface area (Å²) in [5.74, 6) is 0.841. The fraction of sp³-hybridized carbons (Fsp3) is 0.684. The van der Waals surface area contributed by atoms with Gasteiger partial charge in [0.1, 0.15) is 0 Å². The quantitative estimate of drug-likeness (QED) is 0.833. The van der Waals surface area contributed by atoms with Gasteiger partial charge in [-0.05, 0) is 50.0 Å². The largest absolute Gasteiger partial charge is 0.375 e. The van der Waals surface area contributed by atoms with E-state index < -0.39 is 0 Å². The maximum Gasteiger partial charge on any atom is 0.0692 e. The van der Waals surface area contributed by atoms with E-state index in [1.807, 2.05) is 0 Å². The third kappa shape index (κ3) is 3.49. The number of ether oxygens (including phenoxy) is 1. The predicted octanol–water partition coefficient (Wildman–Crippen LogP) is 4.47. The Labute approximate surface area is 129 Å². The van der Waals surface area contributed by atoms with E-state index in [1.165, 1.54) is 18.4 Å². The summed E-state index contributed by atoms with van der Waals surface area (Å²) < 4.78 is 6.12. The zero-order chi connectivity index (χ0) is 14.7. The Morgan fingerprint density at radius 1 is 1.14 bits per heavy atom. The zero-order valence-electron chi connectivity index (χ0n) is 13.5. The molecular weight excluding hydrogens is 258 g/mol. The predicted molar refractivity (Wildman–Crippen MR) is 87.3 cm³/mol. The second-order valence-corrected chi connectivity index (χ2v) is 6.82. The molecule has 0 radical (unpaired) electrons. The van der Waals surface area contributed by atoms with Crippen LogP contribution < -0.4 is 5.32 Å². The molecule has 0 aromatic heterocycles. The molecule has 2 aliphatic rings. The molecule has 0 spiro atoms. The van der Waals surface area contributed by atoms with Gasteiger partial charge in [-0.3, -0.25) is 0 Å². The molecule has 2 heteroatoms. The van der Waals surface area contributed by atoms with Crippen LogP contribution in [0.1, 0.15) is 64.0 Å². The molecule has 1 saturated heterocycles. The number of nitrogens with one attached hydrogen (secondary N) is 1. The lowest BCUT2D eigenvalue weighted by atomic mass is 9.85. The molecule has 1 aliphatic carbocycles. The average molecular weight is 287 g/mol. The van der Waals surface area contributed by atoms with Crippen molar-refractivity contribution in [2.45, 2.75) is 70.1 Å². The van der Waals surface area contributed by atoms with E-state index in [0.717, 1.165) is 38.2 Å². The molecule has 116 valence electrons. The molecule has 1 aliphatic heterocycles. The van der Waals surface area contributed by atoms with Crippen molar-refractivity contribution in [2.24, 2.45) is 5.92 Å². The van der Waals surface area contributed by atoms with Gasteiger partial charge in [0.25, 0.3) is 0 Å².